The van der Waals surface area contributed by atoms with Crippen molar-refractivity contribution in [2.45, 2.75) is 0 Å². The second kappa shape index (κ2) is 4.82. The van der Waals surface area contributed by atoms with E-state index in [4.69, 9.17) is 5.90 Å². The van der Waals surface area contributed by atoms with Crippen molar-refractivity contribution in [3.8, 4) is 5.75 Å². The van der Waals surface area contributed by atoms with Crippen LogP contribution in [-0.4, -0.2) is 0 Å². The molecular formula is C6H8NNaO. The number of hydrogen-bond acceptors (Lipinski definition) is 2. The monoisotopic (exact) mass is 133 g/mol. The van der Waals surface area contributed by atoms with E-state index < -0.39 is 0 Å². The predicted molar refractivity (Wildman–Crippen MR) is 32.4 cm³/mol. The molecule has 0 unspecified atom stereocenters. The van der Waals surface area contributed by atoms with Crippen molar-refractivity contribution < 1.29 is 35.8 Å². The summed E-state index contributed by atoms with van der Waals surface area (Å²) in [5.74, 6) is 5.54. The molecule has 1 rings (SSSR count). The minimum atomic E-state index is 0. The maximum atomic E-state index is 4.85. The smallest absolute Gasteiger partial charge is 1.00 e. The first kappa shape index (κ1) is 8.98. The summed E-state index contributed by atoms with van der Waals surface area (Å²) in [6, 6.07) is 9.22. The van der Waals surface area contributed by atoms with Gasteiger partial charge in [0.2, 0.25) is 0 Å². The van der Waals surface area contributed by atoms with Gasteiger partial charge >= 0.3 is 29.6 Å². The van der Waals surface area contributed by atoms with Crippen LogP contribution in [0.1, 0.15) is 1.43 Å². The number of benzene rings is 1. The van der Waals surface area contributed by atoms with Crippen LogP contribution < -0.4 is 40.3 Å². The Labute approximate surface area is 77.7 Å². The Morgan fingerprint density at radius 3 is 2.11 bits per heavy atom. The molecule has 2 N–H and O–H groups in total. The molecule has 0 spiro atoms. The fourth-order valence-corrected chi connectivity index (χ4v) is 0.499. The van der Waals surface area contributed by atoms with E-state index in [-0.39, 0.29) is 31.0 Å². The number of rotatable bonds is 1. The number of para-hydroxylation sites is 1. The van der Waals surface area contributed by atoms with Crippen LogP contribution in [0, 0.1) is 0 Å². The third-order valence-corrected chi connectivity index (χ3v) is 0.879. The van der Waals surface area contributed by atoms with Crippen LogP contribution in [0.2, 0.25) is 0 Å². The summed E-state index contributed by atoms with van der Waals surface area (Å²) in [5.41, 5.74) is 0. The zero-order valence-electron chi connectivity index (χ0n) is 6.37. The Hall–Kier alpha value is -0.0200. The first-order valence-electron chi connectivity index (χ1n) is 2.35. The summed E-state index contributed by atoms with van der Waals surface area (Å²) in [6.07, 6.45) is 0. The second-order valence-electron chi connectivity index (χ2n) is 1.43. The molecule has 0 radical (unpaired) electrons. The molecule has 1 aromatic rings. The molecule has 9 heavy (non-hydrogen) atoms. The van der Waals surface area contributed by atoms with Gasteiger partial charge in [-0.3, -0.25) is 0 Å². The summed E-state index contributed by atoms with van der Waals surface area (Å²) in [7, 11) is 0. The molecule has 0 saturated heterocycles. The summed E-state index contributed by atoms with van der Waals surface area (Å²) in [5, 5.41) is 0. The molecule has 0 bridgehead atoms. The van der Waals surface area contributed by atoms with Crippen molar-refractivity contribution in [2.75, 3.05) is 0 Å². The van der Waals surface area contributed by atoms with E-state index >= 15 is 0 Å². The standard InChI is InChI=1S/C6H7NO.Na.H/c7-8-6-4-2-1-3-5-6;;/h1-5H,7H2;;/q;+1;-1. The molecule has 0 saturated carbocycles. The van der Waals surface area contributed by atoms with Gasteiger partial charge in [-0.15, -0.1) is 0 Å². The minimum Gasteiger partial charge on any atom is -1.00 e. The van der Waals surface area contributed by atoms with Gasteiger partial charge in [-0.25, -0.2) is 0 Å². The van der Waals surface area contributed by atoms with Crippen LogP contribution in [0.15, 0.2) is 30.3 Å². The van der Waals surface area contributed by atoms with Crippen LogP contribution in [0.3, 0.4) is 0 Å². The molecule has 0 aliphatic heterocycles. The summed E-state index contributed by atoms with van der Waals surface area (Å²) >= 11 is 0. The third-order valence-electron chi connectivity index (χ3n) is 0.879. The van der Waals surface area contributed by atoms with Crippen LogP contribution in [0.4, 0.5) is 0 Å². The van der Waals surface area contributed by atoms with E-state index in [0.717, 1.165) is 0 Å². The fourth-order valence-electron chi connectivity index (χ4n) is 0.499. The summed E-state index contributed by atoms with van der Waals surface area (Å²) < 4.78 is 0. The Balaban J connectivity index is 0. The van der Waals surface area contributed by atoms with E-state index in [1.165, 1.54) is 0 Å². The van der Waals surface area contributed by atoms with Crippen molar-refractivity contribution >= 4 is 0 Å². The molecular weight excluding hydrogens is 125 g/mol. The molecule has 0 aliphatic rings. The van der Waals surface area contributed by atoms with Gasteiger partial charge in [-0.2, -0.15) is 5.90 Å². The number of hydrogen-bond donors (Lipinski definition) is 1. The Morgan fingerprint density at radius 1 is 1.22 bits per heavy atom. The zero-order valence-corrected chi connectivity index (χ0v) is 7.37. The van der Waals surface area contributed by atoms with Gasteiger partial charge in [0.05, 0.1) is 0 Å². The normalized spacial score (nSPS) is 7.67. The van der Waals surface area contributed by atoms with Gasteiger partial charge in [-0.05, 0) is 12.1 Å². The van der Waals surface area contributed by atoms with Gasteiger partial charge < -0.3 is 6.26 Å². The van der Waals surface area contributed by atoms with Gasteiger partial charge in [0.1, 0.15) is 5.75 Å². The summed E-state index contributed by atoms with van der Waals surface area (Å²) in [6.45, 7) is 0. The van der Waals surface area contributed by atoms with Crippen LogP contribution in [0.5, 0.6) is 5.75 Å². The van der Waals surface area contributed by atoms with E-state index in [9.17, 15) is 0 Å². The first-order valence-corrected chi connectivity index (χ1v) is 2.35. The van der Waals surface area contributed by atoms with Crippen LogP contribution in [-0.2, 0) is 0 Å². The molecule has 0 amide bonds. The SMILES string of the molecule is NOc1ccccc1.[H-].[Na+]. The van der Waals surface area contributed by atoms with E-state index in [1.54, 1.807) is 12.1 Å². The van der Waals surface area contributed by atoms with E-state index in [0.29, 0.717) is 5.75 Å². The quantitative estimate of drug-likeness (QED) is 0.357. The maximum absolute atomic E-state index is 4.85. The molecule has 0 aromatic heterocycles. The van der Waals surface area contributed by atoms with Crippen molar-refractivity contribution in [1.29, 1.82) is 0 Å². The summed E-state index contributed by atoms with van der Waals surface area (Å²) in [4.78, 5) is 4.41. The zero-order chi connectivity index (χ0) is 5.82. The maximum Gasteiger partial charge on any atom is 1.00 e. The molecule has 1 aromatic carbocycles. The van der Waals surface area contributed by atoms with Gasteiger partial charge in [0, 0.05) is 0 Å². The minimum absolute atomic E-state index is 0. The Kier molecular flexibility index (Phi) is 4.81. The van der Waals surface area contributed by atoms with Crippen molar-refractivity contribution in [2.24, 2.45) is 5.90 Å². The molecule has 0 heterocycles. The topological polar surface area (TPSA) is 35.2 Å². The molecule has 44 valence electrons. The predicted octanol–water partition coefficient (Wildman–Crippen LogP) is -1.94. The van der Waals surface area contributed by atoms with Crippen LogP contribution >= 0.6 is 0 Å². The average Bonchev–Trinajstić information content (AvgIpc) is 1.90. The van der Waals surface area contributed by atoms with Crippen molar-refractivity contribution in [3.63, 3.8) is 0 Å². The first-order chi connectivity index (χ1) is 3.93. The van der Waals surface area contributed by atoms with Crippen molar-refractivity contribution in [3.05, 3.63) is 30.3 Å². The Morgan fingerprint density at radius 2 is 1.78 bits per heavy atom. The molecule has 0 aliphatic carbocycles. The van der Waals surface area contributed by atoms with E-state index in [2.05, 4.69) is 4.84 Å². The third kappa shape index (κ3) is 2.87. The van der Waals surface area contributed by atoms with Gasteiger partial charge in [0.15, 0.2) is 0 Å². The largest absolute Gasteiger partial charge is 1.00 e. The van der Waals surface area contributed by atoms with Gasteiger partial charge in [0.25, 0.3) is 0 Å². The molecule has 0 atom stereocenters. The number of nitrogens with two attached hydrogens (primary N) is 1. The average molecular weight is 133 g/mol. The molecule has 2 nitrogen and oxygen atoms in total. The van der Waals surface area contributed by atoms with E-state index in [1.807, 2.05) is 18.2 Å². The second-order valence-corrected chi connectivity index (χ2v) is 1.43. The molecule has 0 fully saturated rings. The molecule has 3 heteroatoms. The van der Waals surface area contributed by atoms with Crippen LogP contribution in [0.25, 0.3) is 0 Å². The fraction of sp³-hybridized carbons (Fsp3) is 0. The van der Waals surface area contributed by atoms with Crippen molar-refractivity contribution in [1.82, 2.24) is 0 Å². The van der Waals surface area contributed by atoms with Gasteiger partial charge in [-0.1, -0.05) is 18.2 Å². The Bertz CT molecular complexity index is 159.